The van der Waals surface area contributed by atoms with Crippen molar-refractivity contribution < 1.29 is 18.0 Å². The SMILES string of the molecule is NC(=O)Cc1ccnc(-c2cc(F)cc(F)c2)c1F. The average Bonchev–Trinajstić information content (AvgIpc) is 2.30. The summed E-state index contributed by atoms with van der Waals surface area (Å²) in [5, 5.41) is 0. The molecule has 0 radical (unpaired) electrons. The van der Waals surface area contributed by atoms with Crippen molar-refractivity contribution in [1.82, 2.24) is 4.98 Å². The van der Waals surface area contributed by atoms with E-state index in [1.807, 2.05) is 0 Å². The van der Waals surface area contributed by atoms with Gasteiger partial charge in [0.15, 0.2) is 5.82 Å². The molecule has 0 fully saturated rings. The van der Waals surface area contributed by atoms with Crippen LogP contribution in [0.25, 0.3) is 11.3 Å². The van der Waals surface area contributed by atoms with Gasteiger partial charge in [-0.1, -0.05) is 0 Å². The number of pyridine rings is 1. The van der Waals surface area contributed by atoms with Gasteiger partial charge in [-0.25, -0.2) is 13.2 Å². The number of amides is 1. The Morgan fingerprint density at radius 2 is 1.79 bits per heavy atom. The molecule has 0 saturated carbocycles. The van der Waals surface area contributed by atoms with Crippen molar-refractivity contribution in [3.8, 4) is 11.3 Å². The van der Waals surface area contributed by atoms with Crippen LogP contribution >= 0.6 is 0 Å². The highest BCUT2D eigenvalue weighted by Gasteiger charge is 2.14. The van der Waals surface area contributed by atoms with Crippen molar-refractivity contribution in [1.29, 1.82) is 0 Å². The van der Waals surface area contributed by atoms with Crippen LogP contribution in [-0.2, 0) is 11.2 Å². The minimum absolute atomic E-state index is 0.0298. The predicted molar refractivity (Wildman–Crippen MR) is 62.4 cm³/mol. The van der Waals surface area contributed by atoms with Gasteiger partial charge in [-0.2, -0.15) is 0 Å². The van der Waals surface area contributed by atoms with Crippen molar-refractivity contribution in [3.05, 3.63) is 53.5 Å². The molecule has 0 spiro atoms. The topological polar surface area (TPSA) is 56.0 Å². The van der Waals surface area contributed by atoms with Gasteiger partial charge < -0.3 is 5.73 Å². The van der Waals surface area contributed by atoms with Crippen molar-refractivity contribution in [2.45, 2.75) is 6.42 Å². The first-order chi connectivity index (χ1) is 8.97. The lowest BCUT2D eigenvalue weighted by atomic mass is 10.1. The van der Waals surface area contributed by atoms with E-state index in [0.717, 1.165) is 12.1 Å². The molecule has 0 bridgehead atoms. The minimum atomic E-state index is -0.837. The summed E-state index contributed by atoms with van der Waals surface area (Å²) in [6.07, 6.45) is 0.943. The largest absolute Gasteiger partial charge is 0.369 e. The lowest BCUT2D eigenvalue weighted by Crippen LogP contribution is -2.15. The zero-order valence-electron chi connectivity index (χ0n) is 9.66. The van der Waals surface area contributed by atoms with Gasteiger partial charge >= 0.3 is 0 Å². The lowest BCUT2D eigenvalue weighted by molar-refractivity contribution is -0.117. The molecular weight excluding hydrogens is 257 g/mol. The van der Waals surface area contributed by atoms with E-state index in [4.69, 9.17) is 5.73 Å². The smallest absolute Gasteiger partial charge is 0.221 e. The summed E-state index contributed by atoms with van der Waals surface area (Å²) in [6.45, 7) is 0. The van der Waals surface area contributed by atoms with Crippen LogP contribution in [0.1, 0.15) is 5.56 Å². The number of benzene rings is 1. The number of hydrogen-bond donors (Lipinski definition) is 1. The van der Waals surface area contributed by atoms with Crippen molar-refractivity contribution in [2.24, 2.45) is 5.73 Å². The molecule has 0 saturated heterocycles. The molecule has 0 aliphatic rings. The van der Waals surface area contributed by atoms with Gasteiger partial charge in [0.25, 0.3) is 0 Å². The first kappa shape index (κ1) is 13.1. The fourth-order valence-corrected chi connectivity index (χ4v) is 1.70. The summed E-state index contributed by atoms with van der Waals surface area (Å²) in [5.41, 5.74) is 4.75. The number of aromatic nitrogens is 1. The second kappa shape index (κ2) is 5.09. The minimum Gasteiger partial charge on any atom is -0.369 e. The summed E-state index contributed by atoms with van der Waals surface area (Å²) >= 11 is 0. The molecule has 6 heteroatoms. The van der Waals surface area contributed by atoms with Crippen molar-refractivity contribution in [2.75, 3.05) is 0 Å². The maximum Gasteiger partial charge on any atom is 0.221 e. The fourth-order valence-electron chi connectivity index (χ4n) is 1.70. The molecule has 1 heterocycles. The summed E-state index contributed by atoms with van der Waals surface area (Å²) in [4.78, 5) is 14.5. The third-order valence-corrected chi connectivity index (χ3v) is 2.47. The highest BCUT2D eigenvalue weighted by molar-refractivity contribution is 5.77. The van der Waals surface area contributed by atoms with E-state index < -0.39 is 23.4 Å². The summed E-state index contributed by atoms with van der Waals surface area (Å²) in [7, 11) is 0. The number of carbonyl (C=O) groups excluding carboxylic acids is 1. The highest BCUT2D eigenvalue weighted by atomic mass is 19.1. The molecule has 2 rings (SSSR count). The number of carbonyl (C=O) groups is 1. The van der Waals surface area contributed by atoms with Crippen LogP contribution in [0, 0.1) is 17.5 Å². The van der Waals surface area contributed by atoms with Crippen molar-refractivity contribution in [3.63, 3.8) is 0 Å². The normalized spacial score (nSPS) is 10.5. The van der Waals surface area contributed by atoms with E-state index in [-0.39, 0.29) is 23.2 Å². The maximum atomic E-state index is 14.1. The number of hydrogen-bond acceptors (Lipinski definition) is 2. The van der Waals surface area contributed by atoms with Crippen LogP contribution in [0.3, 0.4) is 0 Å². The number of primary amides is 1. The van der Waals surface area contributed by atoms with Crippen LogP contribution in [0.4, 0.5) is 13.2 Å². The first-order valence-electron chi connectivity index (χ1n) is 5.35. The van der Waals surface area contributed by atoms with Crippen molar-refractivity contribution >= 4 is 5.91 Å². The Balaban J connectivity index is 2.53. The summed E-state index contributed by atoms with van der Waals surface area (Å²) in [6, 6.07) is 3.89. The number of rotatable bonds is 3. The van der Waals surface area contributed by atoms with E-state index in [9.17, 15) is 18.0 Å². The molecule has 0 aliphatic carbocycles. The molecule has 0 atom stereocenters. The van der Waals surface area contributed by atoms with Crippen LogP contribution < -0.4 is 5.73 Å². The Bertz CT molecular complexity index is 624. The molecule has 3 nitrogen and oxygen atoms in total. The Kier molecular flexibility index (Phi) is 3.50. The fraction of sp³-hybridized carbons (Fsp3) is 0.0769. The molecular formula is C13H9F3N2O. The molecule has 19 heavy (non-hydrogen) atoms. The molecule has 1 aromatic carbocycles. The molecule has 2 N–H and O–H groups in total. The van der Waals surface area contributed by atoms with E-state index in [1.54, 1.807) is 0 Å². The standard InChI is InChI=1S/C13H9F3N2O/c14-9-3-8(4-10(15)6-9)13-12(16)7(1-2-18-13)5-11(17)19/h1-4,6H,5H2,(H2,17,19). The zero-order chi connectivity index (χ0) is 14.0. The van der Waals surface area contributed by atoms with Crippen LogP contribution in [-0.4, -0.2) is 10.9 Å². The monoisotopic (exact) mass is 266 g/mol. The Labute approximate surface area is 106 Å². The average molecular weight is 266 g/mol. The van der Waals surface area contributed by atoms with Gasteiger partial charge in [-0.15, -0.1) is 0 Å². The van der Waals surface area contributed by atoms with Gasteiger partial charge in [-0.3, -0.25) is 9.78 Å². The van der Waals surface area contributed by atoms with Crippen LogP contribution in [0.5, 0.6) is 0 Å². The van der Waals surface area contributed by atoms with E-state index in [2.05, 4.69) is 4.98 Å². The second-order valence-electron chi connectivity index (χ2n) is 3.93. The molecule has 0 aliphatic heterocycles. The van der Waals surface area contributed by atoms with Gasteiger partial charge in [0.2, 0.25) is 5.91 Å². The van der Waals surface area contributed by atoms with Gasteiger partial charge in [0, 0.05) is 23.4 Å². The number of nitrogens with zero attached hydrogens (tertiary/aromatic N) is 1. The van der Waals surface area contributed by atoms with Gasteiger partial charge in [-0.05, 0) is 18.2 Å². The third-order valence-electron chi connectivity index (χ3n) is 2.47. The quantitative estimate of drug-likeness (QED) is 0.925. The van der Waals surface area contributed by atoms with E-state index in [1.165, 1.54) is 12.3 Å². The third kappa shape index (κ3) is 2.90. The van der Waals surface area contributed by atoms with Gasteiger partial charge in [0.05, 0.1) is 6.42 Å². The first-order valence-corrected chi connectivity index (χ1v) is 5.35. The summed E-state index contributed by atoms with van der Waals surface area (Å²) < 4.78 is 40.3. The Morgan fingerprint density at radius 3 is 2.37 bits per heavy atom. The molecule has 0 unspecified atom stereocenters. The zero-order valence-corrected chi connectivity index (χ0v) is 9.66. The van der Waals surface area contributed by atoms with Crippen LogP contribution in [0.15, 0.2) is 30.5 Å². The Morgan fingerprint density at radius 1 is 1.16 bits per heavy atom. The van der Waals surface area contributed by atoms with E-state index in [0.29, 0.717) is 6.07 Å². The van der Waals surface area contributed by atoms with Crippen LogP contribution in [0.2, 0.25) is 0 Å². The number of halogens is 3. The maximum absolute atomic E-state index is 14.1. The van der Waals surface area contributed by atoms with E-state index >= 15 is 0 Å². The Hall–Kier alpha value is -2.37. The summed E-state index contributed by atoms with van der Waals surface area (Å²) in [5.74, 6) is -3.19. The number of nitrogens with two attached hydrogens (primary N) is 1. The molecule has 1 aromatic heterocycles. The second-order valence-corrected chi connectivity index (χ2v) is 3.93. The molecule has 2 aromatic rings. The molecule has 1 amide bonds. The highest BCUT2D eigenvalue weighted by Crippen LogP contribution is 2.24. The predicted octanol–water partition coefficient (Wildman–Crippen LogP) is 2.19. The lowest BCUT2D eigenvalue weighted by Gasteiger charge is -2.06. The molecule has 98 valence electrons. The van der Waals surface area contributed by atoms with Gasteiger partial charge in [0.1, 0.15) is 17.3 Å².